The summed E-state index contributed by atoms with van der Waals surface area (Å²) in [5.74, 6) is 0. The zero-order valence-electron chi connectivity index (χ0n) is 16.1. The lowest BCUT2D eigenvalue weighted by atomic mass is 10.1. The summed E-state index contributed by atoms with van der Waals surface area (Å²) in [6.07, 6.45) is 3.34. The maximum atomic E-state index is 13.4. The van der Waals surface area contributed by atoms with Gasteiger partial charge >= 0.3 is 0 Å². The van der Waals surface area contributed by atoms with Crippen LogP contribution in [0, 0.1) is 6.92 Å². The van der Waals surface area contributed by atoms with E-state index >= 15 is 0 Å². The van der Waals surface area contributed by atoms with E-state index in [9.17, 15) is 8.42 Å². The molecular weight excluding hydrogens is 414 g/mol. The molecule has 2 aromatic carbocycles. The highest BCUT2D eigenvalue weighted by Gasteiger charge is 2.23. The fourth-order valence-corrected chi connectivity index (χ4v) is 5.41. The summed E-state index contributed by atoms with van der Waals surface area (Å²) < 4.78 is 28.0. The van der Waals surface area contributed by atoms with E-state index in [1.165, 1.54) is 15.3 Å². The average Bonchev–Trinajstić information content (AvgIpc) is 3.38. The van der Waals surface area contributed by atoms with Gasteiger partial charge in [0.1, 0.15) is 0 Å². The smallest absolute Gasteiger partial charge is 0.241 e. The number of pyridine rings is 1. The van der Waals surface area contributed by atoms with Gasteiger partial charge in [0, 0.05) is 34.3 Å². The van der Waals surface area contributed by atoms with Gasteiger partial charge in [0.15, 0.2) is 5.65 Å². The van der Waals surface area contributed by atoms with E-state index in [0.29, 0.717) is 5.65 Å². The molecule has 3 aromatic heterocycles. The van der Waals surface area contributed by atoms with Gasteiger partial charge in [0.2, 0.25) is 0 Å². The number of fused-ring (bicyclic) bond motifs is 1. The molecule has 0 fully saturated rings. The highest BCUT2D eigenvalue weighted by atomic mass is 32.2. The third-order valence-corrected chi connectivity index (χ3v) is 7.35. The molecule has 0 aliphatic carbocycles. The SMILES string of the molecule is Cc1nc(-c2cn(S(=O)(=O)c3ccccc3)c3ncc(-c4ccccc4)cc23)cs1. The third-order valence-electron chi connectivity index (χ3n) is 4.91. The number of benzene rings is 2. The molecule has 0 aliphatic heterocycles. The molecule has 5 nitrogen and oxygen atoms in total. The summed E-state index contributed by atoms with van der Waals surface area (Å²) in [6.45, 7) is 1.93. The maximum absolute atomic E-state index is 13.4. The van der Waals surface area contributed by atoms with Gasteiger partial charge in [-0.2, -0.15) is 0 Å². The van der Waals surface area contributed by atoms with Crippen molar-refractivity contribution in [2.45, 2.75) is 11.8 Å². The summed E-state index contributed by atoms with van der Waals surface area (Å²) in [5, 5.41) is 3.61. The lowest BCUT2D eigenvalue weighted by Crippen LogP contribution is -2.12. The van der Waals surface area contributed by atoms with Crippen LogP contribution >= 0.6 is 11.3 Å². The summed E-state index contributed by atoms with van der Waals surface area (Å²) in [7, 11) is -3.79. The Hall–Kier alpha value is -3.29. The molecule has 3 heterocycles. The van der Waals surface area contributed by atoms with Gasteiger partial charge < -0.3 is 0 Å². The zero-order valence-corrected chi connectivity index (χ0v) is 17.7. The second kappa shape index (κ2) is 7.19. The Labute approximate surface area is 178 Å². The van der Waals surface area contributed by atoms with Crippen LogP contribution in [0.25, 0.3) is 33.4 Å². The van der Waals surface area contributed by atoms with E-state index in [0.717, 1.165) is 32.8 Å². The van der Waals surface area contributed by atoms with Crippen molar-refractivity contribution in [1.82, 2.24) is 13.9 Å². The molecular formula is C23H17N3O2S2. The molecule has 0 atom stereocenters. The van der Waals surface area contributed by atoms with Gasteiger partial charge in [0.05, 0.1) is 15.6 Å². The van der Waals surface area contributed by atoms with E-state index in [-0.39, 0.29) is 4.90 Å². The van der Waals surface area contributed by atoms with E-state index in [2.05, 4.69) is 9.97 Å². The molecule has 0 amide bonds. The Morgan fingerprint density at radius 3 is 2.30 bits per heavy atom. The van der Waals surface area contributed by atoms with E-state index < -0.39 is 10.0 Å². The first-order valence-corrected chi connectivity index (χ1v) is 11.7. The molecule has 0 saturated carbocycles. The summed E-state index contributed by atoms with van der Waals surface area (Å²) in [6, 6.07) is 20.3. The highest BCUT2D eigenvalue weighted by molar-refractivity contribution is 7.90. The molecule has 0 N–H and O–H groups in total. The van der Waals surface area contributed by atoms with Crippen LogP contribution in [0.5, 0.6) is 0 Å². The Morgan fingerprint density at radius 1 is 0.933 bits per heavy atom. The first kappa shape index (κ1) is 18.7. The molecule has 0 radical (unpaired) electrons. The Morgan fingerprint density at radius 2 is 1.63 bits per heavy atom. The molecule has 0 aliphatic rings. The minimum Gasteiger partial charge on any atom is -0.241 e. The number of aryl methyl sites for hydroxylation is 1. The molecule has 148 valence electrons. The fraction of sp³-hybridized carbons (Fsp3) is 0.0435. The zero-order chi connectivity index (χ0) is 20.7. The van der Waals surface area contributed by atoms with Crippen LogP contribution in [0.3, 0.4) is 0 Å². The lowest BCUT2D eigenvalue weighted by molar-refractivity contribution is 0.589. The summed E-state index contributed by atoms with van der Waals surface area (Å²) >= 11 is 1.53. The molecule has 5 rings (SSSR count). The Bertz CT molecular complexity index is 1450. The molecule has 30 heavy (non-hydrogen) atoms. The van der Waals surface area contributed by atoms with E-state index in [4.69, 9.17) is 0 Å². The number of nitrogens with zero attached hydrogens (tertiary/aromatic N) is 3. The Kier molecular flexibility index (Phi) is 4.49. The van der Waals surface area contributed by atoms with E-state index in [1.54, 1.807) is 42.7 Å². The van der Waals surface area contributed by atoms with Crippen LogP contribution in [0.15, 0.2) is 89.4 Å². The second-order valence-electron chi connectivity index (χ2n) is 6.87. The van der Waals surface area contributed by atoms with Crippen molar-refractivity contribution in [3.63, 3.8) is 0 Å². The monoisotopic (exact) mass is 431 g/mol. The molecule has 0 spiro atoms. The number of hydrogen-bond acceptors (Lipinski definition) is 5. The fourth-order valence-electron chi connectivity index (χ4n) is 3.45. The summed E-state index contributed by atoms with van der Waals surface area (Å²) in [5.41, 5.74) is 3.83. The molecule has 0 unspecified atom stereocenters. The van der Waals surface area contributed by atoms with Crippen molar-refractivity contribution < 1.29 is 8.42 Å². The van der Waals surface area contributed by atoms with Crippen molar-refractivity contribution in [1.29, 1.82) is 0 Å². The number of hydrogen-bond donors (Lipinski definition) is 0. The Balaban J connectivity index is 1.79. The average molecular weight is 432 g/mol. The van der Waals surface area contributed by atoms with Gasteiger partial charge in [0.25, 0.3) is 10.0 Å². The molecule has 5 aromatic rings. The third kappa shape index (κ3) is 3.12. The second-order valence-corrected chi connectivity index (χ2v) is 9.75. The van der Waals surface area contributed by atoms with Crippen LogP contribution < -0.4 is 0 Å². The largest absolute Gasteiger partial charge is 0.269 e. The van der Waals surface area contributed by atoms with Crippen LogP contribution in [0.2, 0.25) is 0 Å². The van der Waals surface area contributed by atoms with Crippen molar-refractivity contribution in [2.75, 3.05) is 0 Å². The van der Waals surface area contributed by atoms with Crippen molar-refractivity contribution >= 4 is 32.4 Å². The van der Waals surface area contributed by atoms with E-state index in [1.807, 2.05) is 48.7 Å². The predicted octanol–water partition coefficient (Wildman–Crippen LogP) is 5.37. The normalized spacial score (nSPS) is 11.8. The first-order chi connectivity index (χ1) is 14.5. The van der Waals surface area contributed by atoms with Crippen LogP contribution in [-0.2, 0) is 10.0 Å². The number of rotatable bonds is 4. The van der Waals surface area contributed by atoms with Crippen molar-refractivity contribution in [3.05, 3.63) is 89.5 Å². The maximum Gasteiger partial charge on any atom is 0.269 e. The van der Waals surface area contributed by atoms with Crippen molar-refractivity contribution in [2.24, 2.45) is 0 Å². The van der Waals surface area contributed by atoms with Crippen LogP contribution in [0.4, 0.5) is 0 Å². The minimum absolute atomic E-state index is 0.219. The van der Waals surface area contributed by atoms with Crippen LogP contribution in [-0.4, -0.2) is 22.4 Å². The van der Waals surface area contributed by atoms with Gasteiger partial charge in [-0.3, -0.25) is 0 Å². The van der Waals surface area contributed by atoms with Crippen molar-refractivity contribution in [3.8, 4) is 22.4 Å². The quantitative estimate of drug-likeness (QED) is 0.384. The standard InChI is InChI=1S/C23H17N3O2S2/c1-16-25-22(15-29-16)21-14-26(30(27,28)19-10-6-3-7-11-19)23-20(21)12-18(13-24-23)17-8-4-2-5-9-17/h2-15H,1H3. The van der Waals surface area contributed by atoms with Gasteiger partial charge in [-0.15, -0.1) is 11.3 Å². The topological polar surface area (TPSA) is 64.8 Å². The van der Waals surface area contributed by atoms with Crippen LogP contribution in [0.1, 0.15) is 5.01 Å². The molecule has 0 bridgehead atoms. The minimum atomic E-state index is -3.79. The van der Waals surface area contributed by atoms with Gasteiger partial charge in [-0.1, -0.05) is 48.5 Å². The summed E-state index contributed by atoms with van der Waals surface area (Å²) in [4.78, 5) is 9.37. The van der Waals surface area contributed by atoms with Gasteiger partial charge in [-0.25, -0.2) is 22.4 Å². The number of thiazole rings is 1. The molecule has 7 heteroatoms. The molecule has 0 saturated heterocycles. The number of aromatic nitrogens is 3. The predicted molar refractivity (Wildman–Crippen MR) is 120 cm³/mol. The first-order valence-electron chi connectivity index (χ1n) is 9.34. The lowest BCUT2D eigenvalue weighted by Gasteiger charge is -2.07. The van der Waals surface area contributed by atoms with Gasteiger partial charge in [-0.05, 0) is 30.7 Å². The highest BCUT2D eigenvalue weighted by Crippen LogP contribution is 2.34.